The van der Waals surface area contributed by atoms with E-state index in [1.165, 1.54) is 22.9 Å². The first kappa shape index (κ1) is 27.7. The van der Waals surface area contributed by atoms with Crippen LogP contribution in [0.4, 0.5) is 24.9 Å². The van der Waals surface area contributed by atoms with Gasteiger partial charge in [0.2, 0.25) is 17.9 Å². The van der Waals surface area contributed by atoms with Gasteiger partial charge in [-0.25, -0.2) is 0 Å². The lowest BCUT2D eigenvalue weighted by Crippen LogP contribution is -2.41. The smallest absolute Gasteiger partial charge is 0.429 e. The number of halogens is 3. The predicted molar refractivity (Wildman–Crippen MR) is 141 cm³/mol. The second kappa shape index (κ2) is 11.0. The number of anilines is 2. The number of nitrogens with one attached hydrogen (secondary N) is 1. The number of piperidine rings is 1. The normalized spacial score (nSPS) is 19.5. The topological polar surface area (TPSA) is 120 Å². The van der Waals surface area contributed by atoms with Crippen molar-refractivity contribution in [3.05, 3.63) is 48.2 Å². The van der Waals surface area contributed by atoms with Crippen molar-refractivity contribution < 1.29 is 27.4 Å². The van der Waals surface area contributed by atoms with Gasteiger partial charge < -0.3 is 25.4 Å². The second-order valence-corrected chi connectivity index (χ2v) is 10.3. The van der Waals surface area contributed by atoms with Crippen LogP contribution in [0.2, 0.25) is 0 Å². The Hall–Kier alpha value is -3.87. The van der Waals surface area contributed by atoms with Crippen LogP contribution < -0.4 is 20.7 Å². The van der Waals surface area contributed by atoms with E-state index in [9.17, 15) is 18.0 Å². The van der Waals surface area contributed by atoms with Gasteiger partial charge in [0, 0.05) is 50.1 Å². The molecular formula is C27H32F3N7O3. The molecule has 0 radical (unpaired) electrons. The summed E-state index contributed by atoms with van der Waals surface area (Å²) in [7, 11) is 1.69. The van der Waals surface area contributed by atoms with E-state index in [0.717, 1.165) is 12.8 Å². The van der Waals surface area contributed by atoms with Gasteiger partial charge >= 0.3 is 12.1 Å². The number of esters is 1. The summed E-state index contributed by atoms with van der Waals surface area (Å²) < 4.78 is 55.3. The van der Waals surface area contributed by atoms with Crippen molar-refractivity contribution in [1.29, 1.82) is 0 Å². The van der Waals surface area contributed by atoms with Gasteiger partial charge in [-0.05, 0) is 37.7 Å². The summed E-state index contributed by atoms with van der Waals surface area (Å²) in [6.07, 6.45) is -3.15. The van der Waals surface area contributed by atoms with Crippen molar-refractivity contribution in [2.45, 2.75) is 44.5 Å². The molecule has 0 aliphatic carbocycles. The van der Waals surface area contributed by atoms with Crippen LogP contribution in [0.3, 0.4) is 0 Å². The molecule has 2 aliphatic heterocycles. The van der Waals surface area contributed by atoms with E-state index in [4.69, 9.17) is 15.2 Å². The zero-order valence-corrected chi connectivity index (χ0v) is 22.3. The molecule has 10 nitrogen and oxygen atoms in total. The van der Waals surface area contributed by atoms with Gasteiger partial charge in [0.15, 0.2) is 0 Å². The number of aryl methyl sites for hydroxylation is 1. The van der Waals surface area contributed by atoms with Crippen LogP contribution in [-0.2, 0) is 16.6 Å². The predicted octanol–water partition coefficient (Wildman–Crippen LogP) is 3.65. The number of rotatable bonds is 7. The number of aromatic nitrogens is 4. The molecule has 0 bridgehead atoms. The average Bonchev–Trinajstić information content (AvgIpc) is 3.53. The molecule has 0 unspecified atom stereocenters. The van der Waals surface area contributed by atoms with Crippen LogP contribution in [0.5, 0.6) is 5.88 Å². The maximum Gasteiger partial charge on any atom is 0.429 e. The minimum Gasteiger partial charge on any atom is -0.465 e. The van der Waals surface area contributed by atoms with Gasteiger partial charge in [0.25, 0.3) is 0 Å². The molecule has 13 heteroatoms. The molecule has 40 heavy (non-hydrogen) atoms. The van der Waals surface area contributed by atoms with Gasteiger partial charge in [0.05, 0.1) is 12.3 Å². The number of ether oxygens (including phenoxy) is 2. The van der Waals surface area contributed by atoms with Crippen molar-refractivity contribution >= 4 is 17.7 Å². The second-order valence-electron chi connectivity index (χ2n) is 10.3. The van der Waals surface area contributed by atoms with E-state index in [1.54, 1.807) is 38.4 Å². The quantitative estimate of drug-likeness (QED) is 0.418. The fourth-order valence-electron chi connectivity index (χ4n) is 5.52. The lowest BCUT2D eigenvalue weighted by atomic mass is 9.76. The number of nitrogens with zero attached hydrogens (tertiary/aromatic N) is 5. The molecular weight excluding hydrogens is 527 g/mol. The number of nitrogens with two attached hydrogens (primary N) is 1. The van der Waals surface area contributed by atoms with E-state index >= 15 is 0 Å². The van der Waals surface area contributed by atoms with Crippen LogP contribution in [-0.4, -0.2) is 64.2 Å². The summed E-state index contributed by atoms with van der Waals surface area (Å²) in [4.78, 5) is 22.4. The Bertz CT molecular complexity index is 1360. The molecule has 3 aromatic rings. The molecule has 1 spiro atoms. The standard InChI is InChI=1S/C27H32F3N7O3/c1-3-39-24(38)20-15-26(16-32-20)9-12-37(13-10-26)21-14-22(34-25(31)33-21)40-23(27(28,29)30)18-7-5-4-6-17(18)19-8-11-36(2)35-19/h4-8,11,14,20,23,32H,3,9-10,12-13,15-16H2,1-2H3,(H2,31,33,34)/t20-,23+/m0/s1. The highest BCUT2D eigenvalue weighted by Gasteiger charge is 2.46. The van der Waals surface area contributed by atoms with Crippen molar-refractivity contribution in [2.75, 3.05) is 36.9 Å². The number of benzene rings is 1. The van der Waals surface area contributed by atoms with E-state index in [-0.39, 0.29) is 34.8 Å². The van der Waals surface area contributed by atoms with Crippen LogP contribution >= 0.6 is 0 Å². The maximum absolute atomic E-state index is 14.4. The monoisotopic (exact) mass is 559 g/mol. The summed E-state index contributed by atoms with van der Waals surface area (Å²) in [5.41, 5.74) is 6.49. The summed E-state index contributed by atoms with van der Waals surface area (Å²) in [6.45, 7) is 4.01. The van der Waals surface area contributed by atoms with Gasteiger partial charge in [-0.1, -0.05) is 24.3 Å². The summed E-state index contributed by atoms with van der Waals surface area (Å²) in [6, 6.07) is 8.84. The number of carbonyl (C=O) groups excluding carboxylic acids is 1. The number of hydrogen-bond donors (Lipinski definition) is 2. The highest BCUT2D eigenvalue weighted by atomic mass is 19.4. The highest BCUT2D eigenvalue weighted by molar-refractivity contribution is 5.76. The van der Waals surface area contributed by atoms with Gasteiger partial charge in [-0.2, -0.15) is 28.2 Å². The summed E-state index contributed by atoms with van der Waals surface area (Å²) >= 11 is 0. The van der Waals surface area contributed by atoms with Gasteiger partial charge in [0.1, 0.15) is 11.9 Å². The number of carbonyl (C=O) groups is 1. The van der Waals surface area contributed by atoms with Crippen LogP contribution in [0.1, 0.15) is 37.9 Å². The Morgan fingerprint density at radius 2 is 1.98 bits per heavy atom. The van der Waals surface area contributed by atoms with Crippen molar-refractivity contribution in [1.82, 2.24) is 25.1 Å². The van der Waals surface area contributed by atoms with Crippen molar-refractivity contribution in [3.8, 4) is 17.1 Å². The Labute approximate surface area is 229 Å². The molecule has 1 aromatic carbocycles. The first-order valence-corrected chi connectivity index (χ1v) is 13.2. The third-order valence-corrected chi connectivity index (χ3v) is 7.55. The van der Waals surface area contributed by atoms with Crippen LogP contribution in [0, 0.1) is 5.41 Å². The molecule has 4 heterocycles. The Morgan fingerprint density at radius 1 is 1.23 bits per heavy atom. The van der Waals surface area contributed by atoms with Crippen molar-refractivity contribution in [3.63, 3.8) is 0 Å². The fourth-order valence-corrected chi connectivity index (χ4v) is 5.52. The molecule has 2 aliphatic rings. The largest absolute Gasteiger partial charge is 0.465 e. The van der Waals surface area contributed by atoms with Crippen LogP contribution in [0.25, 0.3) is 11.3 Å². The summed E-state index contributed by atoms with van der Waals surface area (Å²) in [5, 5.41) is 7.54. The Kier molecular flexibility index (Phi) is 7.58. The molecule has 214 valence electrons. The molecule has 2 aromatic heterocycles. The zero-order valence-electron chi connectivity index (χ0n) is 22.3. The van der Waals surface area contributed by atoms with E-state index in [1.807, 2.05) is 4.90 Å². The summed E-state index contributed by atoms with van der Waals surface area (Å²) in [5.74, 6) is -0.303. The molecule has 2 saturated heterocycles. The highest BCUT2D eigenvalue weighted by Crippen LogP contribution is 2.42. The Morgan fingerprint density at radius 3 is 2.65 bits per heavy atom. The molecule has 0 amide bonds. The molecule has 2 atom stereocenters. The van der Waals surface area contributed by atoms with E-state index in [0.29, 0.717) is 49.7 Å². The molecule has 5 rings (SSSR count). The number of alkyl halides is 3. The van der Waals surface area contributed by atoms with Gasteiger partial charge in [-0.3, -0.25) is 9.48 Å². The molecule has 0 saturated carbocycles. The fraction of sp³-hybridized carbons (Fsp3) is 0.481. The SMILES string of the molecule is CCOC(=O)[C@@H]1CC2(CCN(c3cc(O[C@H](c4ccccc4-c4ccn(C)n4)C(F)(F)F)nc(N)n3)CC2)CN1. The average molecular weight is 560 g/mol. The lowest BCUT2D eigenvalue weighted by Gasteiger charge is -2.39. The minimum atomic E-state index is -4.74. The lowest BCUT2D eigenvalue weighted by molar-refractivity contribution is -0.198. The number of hydrogen-bond acceptors (Lipinski definition) is 9. The van der Waals surface area contributed by atoms with E-state index < -0.39 is 12.3 Å². The Balaban J connectivity index is 1.34. The van der Waals surface area contributed by atoms with E-state index in [2.05, 4.69) is 20.4 Å². The minimum absolute atomic E-state index is 0.0532. The third-order valence-electron chi connectivity index (χ3n) is 7.55. The first-order valence-electron chi connectivity index (χ1n) is 13.2. The third kappa shape index (κ3) is 5.83. The zero-order chi connectivity index (χ0) is 28.5. The first-order chi connectivity index (χ1) is 19.1. The van der Waals surface area contributed by atoms with Crippen molar-refractivity contribution in [2.24, 2.45) is 12.5 Å². The maximum atomic E-state index is 14.4. The van der Waals surface area contributed by atoms with Gasteiger partial charge in [-0.15, -0.1) is 0 Å². The molecule has 2 fully saturated rings. The molecule has 3 N–H and O–H groups in total. The number of nitrogen functional groups attached to an aromatic ring is 1. The van der Waals surface area contributed by atoms with Crippen LogP contribution in [0.15, 0.2) is 42.6 Å².